The second-order valence-electron chi connectivity index (χ2n) is 8.23. The van der Waals surface area contributed by atoms with E-state index in [9.17, 15) is 24.0 Å². The number of hydrogen-bond donors (Lipinski definition) is 2. The van der Waals surface area contributed by atoms with Gasteiger partial charge in [-0.05, 0) is 63.4 Å². The summed E-state index contributed by atoms with van der Waals surface area (Å²) in [6, 6.07) is 8.01. The van der Waals surface area contributed by atoms with Gasteiger partial charge in [0, 0.05) is 17.9 Å². The molecule has 0 spiro atoms. The van der Waals surface area contributed by atoms with E-state index in [0.29, 0.717) is 23.4 Å². The summed E-state index contributed by atoms with van der Waals surface area (Å²) in [7, 11) is 0. The molecule has 1 amide bonds. The molecule has 1 aromatic carbocycles. The van der Waals surface area contributed by atoms with Gasteiger partial charge in [-0.1, -0.05) is 12.1 Å². The molecule has 0 aliphatic rings. The van der Waals surface area contributed by atoms with Crippen LogP contribution in [0.1, 0.15) is 61.4 Å². The first-order valence-electron chi connectivity index (χ1n) is 11.3. The Hall–Kier alpha value is -4.39. The quantitative estimate of drug-likeness (QED) is 0.455. The predicted octanol–water partition coefficient (Wildman–Crippen LogP) is 4.08. The van der Waals surface area contributed by atoms with Crippen LogP contribution in [-0.2, 0) is 20.8 Å². The van der Waals surface area contributed by atoms with Crippen LogP contribution in [0.5, 0.6) is 0 Å². The molecule has 36 heavy (non-hydrogen) atoms. The molecule has 3 rings (SSSR count). The molecule has 0 aliphatic carbocycles. The second kappa shape index (κ2) is 10.9. The van der Waals surface area contributed by atoms with Crippen LogP contribution in [0.4, 0.5) is 10.2 Å². The smallest absolute Gasteiger partial charge is 0.355 e. The largest absolute Gasteiger partial charge is 0.462 e. The molecule has 0 radical (unpaired) electrons. The van der Waals surface area contributed by atoms with E-state index in [1.54, 1.807) is 44.4 Å². The van der Waals surface area contributed by atoms with E-state index in [1.807, 2.05) is 6.92 Å². The van der Waals surface area contributed by atoms with Gasteiger partial charge >= 0.3 is 11.9 Å². The molecule has 0 saturated heterocycles. The van der Waals surface area contributed by atoms with Gasteiger partial charge in [-0.25, -0.2) is 14.0 Å². The van der Waals surface area contributed by atoms with Gasteiger partial charge in [0.25, 0.3) is 5.91 Å². The van der Waals surface area contributed by atoms with Gasteiger partial charge in [0.1, 0.15) is 23.4 Å². The third-order valence-electron chi connectivity index (χ3n) is 5.91. The molecule has 0 unspecified atom stereocenters. The zero-order valence-corrected chi connectivity index (χ0v) is 20.7. The summed E-state index contributed by atoms with van der Waals surface area (Å²) in [5.41, 5.74) is 3.61. The lowest BCUT2D eigenvalue weighted by Gasteiger charge is -2.13. The van der Waals surface area contributed by atoms with Crippen LogP contribution >= 0.6 is 0 Å². The van der Waals surface area contributed by atoms with Crippen molar-refractivity contribution in [2.24, 2.45) is 0 Å². The normalized spacial score (nSPS) is 10.6. The van der Waals surface area contributed by atoms with E-state index in [4.69, 9.17) is 9.47 Å². The van der Waals surface area contributed by atoms with Crippen molar-refractivity contribution in [3.8, 4) is 6.07 Å². The van der Waals surface area contributed by atoms with Gasteiger partial charge in [-0.3, -0.25) is 4.79 Å². The lowest BCUT2D eigenvalue weighted by Crippen LogP contribution is -2.23. The predicted molar refractivity (Wildman–Crippen MR) is 129 cm³/mol. The fourth-order valence-corrected chi connectivity index (χ4v) is 3.94. The Labute approximate surface area is 207 Å². The molecular formula is C26H27FN4O5. The molecule has 2 aromatic heterocycles. The number of aromatic amines is 1. The maximum Gasteiger partial charge on any atom is 0.355 e. The molecule has 9 nitrogen and oxygen atoms in total. The first kappa shape index (κ1) is 26.2. The Morgan fingerprint density at radius 3 is 2.33 bits per heavy atom. The number of nitrogens with zero attached hydrogens (tertiary/aromatic N) is 2. The fourth-order valence-electron chi connectivity index (χ4n) is 3.94. The Morgan fingerprint density at radius 2 is 1.72 bits per heavy atom. The highest BCUT2D eigenvalue weighted by molar-refractivity contribution is 6.00. The van der Waals surface area contributed by atoms with E-state index in [-0.39, 0.29) is 35.1 Å². The van der Waals surface area contributed by atoms with Gasteiger partial charge in [-0.15, -0.1) is 0 Å². The summed E-state index contributed by atoms with van der Waals surface area (Å²) in [6.45, 7) is 8.34. The van der Waals surface area contributed by atoms with Crippen LogP contribution in [-0.4, -0.2) is 40.6 Å². The number of benzene rings is 1. The number of amides is 1. The highest BCUT2D eigenvalue weighted by atomic mass is 19.1. The second-order valence-corrected chi connectivity index (χ2v) is 8.23. The maximum atomic E-state index is 13.3. The Kier molecular flexibility index (Phi) is 7.94. The van der Waals surface area contributed by atoms with E-state index >= 15 is 0 Å². The number of nitrogens with one attached hydrogen (secondary N) is 2. The van der Waals surface area contributed by atoms with Gasteiger partial charge in [-0.2, -0.15) is 5.26 Å². The minimum atomic E-state index is -0.809. The summed E-state index contributed by atoms with van der Waals surface area (Å²) < 4.78 is 25.2. The third kappa shape index (κ3) is 5.30. The lowest BCUT2D eigenvalue weighted by atomic mass is 10.1. The SMILES string of the molecule is CCOC(=O)c1c(C)[nH]c(C(=O)OCC(=O)Nc2c(C#N)c(C)c(C)n2Cc2ccc(F)cc2)c1C. The van der Waals surface area contributed by atoms with E-state index < -0.39 is 24.5 Å². The summed E-state index contributed by atoms with van der Waals surface area (Å²) in [5, 5.41) is 12.3. The number of carbonyl (C=O) groups excluding carboxylic acids is 3. The molecule has 2 heterocycles. The third-order valence-corrected chi connectivity index (χ3v) is 5.91. The lowest BCUT2D eigenvalue weighted by molar-refractivity contribution is -0.119. The number of hydrogen-bond acceptors (Lipinski definition) is 6. The van der Waals surface area contributed by atoms with Gasteiger partial charge in [0.2, 0.25) is 0 Å². The first-order valence-corrected chi connectivity index (χ1v) is 11.3. The summed E-state index contributed by atoms with van der Waals surface area (Å²) in [5.74, 6) is -2.12. The molecular weight excluding hydrogens is 467 g/mol. The molecule has 0 aliphatic heterocycles. The van der Waals surface area contributed by atoms with Crippen molar-refractivity contribution in [3.05, 3.63) is 75.0 Å². The molecule has 10 heteroatoms. The molecule has 0 saturated carbocycles. The van der Waals surface area contributed by atoms with Crippen LogP contribution in [0.3, 0.4) is 0 Å². The number of nitriles is 1. The number of H-pyrrole nitrogens is 1. The van der Waals surface area contributed by atoms with Crippen molar-refractivity contribution >= 4 is 23.7 Å². The number of halogens is 1. The Balaban J connectivity index is 1.76. The molecule has 0 fully saturated rings. The topological polar surface area (TPSA) is 126 Å². The van der Waals surface area contributed by atoms with Crippen molar-refractivity contribution < 1.29 is 28.2 Å². The van der Waals surface area contributed by atoms with Crippen LogP contribution in [0.15, 0.2) is 24.3 Å². The minimum Gasteiger partial charge on any atom is -0.462 e. The van der Waals surface area contributed by atoms with Crippen molar-refractivity contribution in [1.29, 1.82) is 5.26 Å². The highest BCUT2D eigenvalue weighted by Crippen LogP contribution is 2.27. The minimum absolute atomic E-state index is 0.0486. The van der Waals surface area contributed by atoms with Crippen molar-refractivity contribution in [3.63, 3.8) is 0 Å². The first-order chi connectivity index (χ1) is 17.1. The number of aryl methyl sites for hydroxylation is 1. The number of aromatic nitrogens is 2. The maximum absolute atomic E-state index is 13.3. The Morgan fingerprint density at radius 1 is 1.06 bits per heavy atom. The number of ether oxygens (including phenoxy) is 2. The summed E-state index contributed by atoms with van der Waals surface area (Å²) in [4.78, 5) is 40.3. The molecule has 0 bridgehead atoms. The standard InChI is InChI=1S/C26H27FN4O5/c1-6-35-25(33)22-15(3)23(29-16(22)4)26(34)36-13-21(32)30-24-20(11-28)14(2)17(5)31(24)12-18-7-9-19(27)10-8-18/h7-10,29H,6,12-13H2,1-5H3,(H,30,32). The molecule has 2 N–H and O–H groups in total. The summed E-state index contributed by atoms with van der Waals surface area (Å²) >= 11 is 0. The van der Waals surface area contributed by atoms with Crippen LogP contribution < -0.4 is 5.32 Å². The number of rotatable bonds is 8. The molecule has 188 valence electrons. The highest BCUT2D eigenvalue weighted by Gasteiger charge is 2.25. The van der Waals surface area contributed by atoms with Gasteiger partial charge < -0.3 is 24.3 Å². The average molecular weight is 495 g/mol. The molecule has 3 aromatic rings. The van der Waals surface area contributed by atoms with E-state index in [1.165, 1.54) is 12.1 Å². The zero-order chi connectivity index (χ0) is 26.6. The number of esters is 2. The average Bonchev–Trinajstić information content (AvgIpc) is 3.26. The van der Waals surface area contributed by atoms with Crippen molar-refractivity contribution in [2.75, 3.05) is 18.5 Å². The fraction of sp³-hybridized carbons (Fsp3) is 0.308. The summed E-state index contributed by atoms with van der Waals surface area (Å²) in [6.07, 6.45) is 0. The van der Waals surface area contributed by atoms with E-state index in [0.717, 1.165) is 11.3 Å². The molecule has 0 atom stereocenters. The number of anilines is 1. The zero-order valence-electron chi connectivity index (χ0n) is 20.7. The van der Waals surface area contributed by atoms with Crippen LogP contribution in [0.25, 0.3) is 0 Å². The Bertz CT molecular complexity index is 1360. The monoisotopic (exact) mass is 494 g/mol. The van der Waals surface area contributed by atoms with E-state index in [2.05, 4.69) is 16.4 Å². The number of carbonyl (C=O) groups is 3. The van der Waals surface area contributed by atoms with Gasteiger partial charge in [0.05, 0.1) is 17.7 Å². The van der Waals surface area contributed by atoms with Crippen molar-refractivity contribution in [1.82, 2.24) is 9.55 Å². The van der Waals surface area contributed by atoms with Crippen molar-refractivity contribution in [2.45, 2.75) is 41.2 Å². The van der Waals surface area contributed by atoms with Crippen LogP contribution in [0.2, 0.25) is 0 Å². The van der Waals surface area contributed by atoms with Gasteiger partial charge in [0.15, 0.2) is 6.61 Å². The van der Waals surface area contributed by atoms with Crippen LogP contribution in [0, 0.1) is 44.8 Å².